The predicted octanol–water partition coefficient (Wildman–Crippen LogP) is 4.79. The van der Waals surface area contributed by atoms with E-state index in [-0.39, 0.29) is 0 Å². The Bertz CT molecular complexity index is 888. The highest BCUT2D eigenvalue weighted by atomic mass is 35.5. The average Bonchev–Trinajstić information content (AvgIpc) is 2.94. The van der Waals surface area contributed by atoms with Crippen molar-refractivity contribution < 1.29 is 4.74 Å². The van der Waals surface area contributed by atoms with Crippen LogP contribution in [0, 0.1) is 0 Å². The number of hydrogen-bond donors (Lipinski definition) is 1. The second-order valence-electron chi connectivity index (χ2n) is 4.93. The van der Waals surface area contributed by atoms with E-state index in [4.69, 9.17) is 45.4 Å². The molecule has 130 valence electrons. The summed E-state index contributed by atoms with van der Waals surface area (Å²) in [6, 6.07) is 12.4. The van der Waals surface area contributed by atoms with Crippen LogP contribution in [-0.4, -0.2) is 27.2 Å². The summed E-state index contributed by atoms with van der Waals surface area (Å²) < 4.78 is 7.05. The van der Waals surface area contributed by atoms with Crippen molar-refractivity contribution in [2.24, 2.45) is 0 Å². The summed E-state index contributed by atoms with van der Waals surface area (Å²) in [5, 5.41) is 10.4. The van der Waals surface area contributed by atoms with Gasteiger partial charge in [-0.15, -0.1) is 10.2 Å². The first-order valence-electron chi connectivity index (χ1n) is 7.22. The number of benzene rings is 2. The monoisotopic (exact) mass is 414 g/mol. The molecule has 0 fully saturated rings. The summed E-state index contributed by atoms with van der Waals surface area (Å²) >= 11 is 19.5. The summed E-state index contributed by atoms with van der Waals surface area (Å²) in [5.74, 6) is 7.79. The predicted molar refractivity (Wildman–Crippen MR) is 103 cm³/mol. The maximum atomic E-state index is 6.18. The summed E-state index contributed by atoms with van der Waals surface area (Å²) in [7, 11) is 0. The van der Waals surface area contributed by atoms with Crippen molar-refractivity contribution in [1.82, 2.24) is 14.9 Å². The number of ether oxygens (including phenoxy) is 1. The Balaban J connectivity index is 1.60. The van der Waals surface area contributed by atoms with E-state index in [1.54, 1.807) is 24.3 Å². The van der Waals surface area contributed by atoms with Gasteiger partial charge in [-0.25, -0.2) is 4.68 Å². The molecule has 1 aromatic heterocycles. The summed E-state index contributed by atoms with van der Waals surface area (Å²) in [5.41, 5.74) is 0.732. The van der Waals surface area contributed by atoms with Gasteiger partial charge in [0, 0.05) is 16.3 Å². The molecule has 0 saturated carbocycles. The van der Waals surface area contributed by atoms with Gasteiger partial charge in [-0.2, -0.15) is 0 Å². The van der Waals surface area contributed by atoms with Crippen LogP contribution in [0.2, 0.25) is 15.1 Å². The van der Waals surface area contributed by atoms with Gasteiger partial charge < -0.3 is 10.6 Å². The maximum Gasteiger partial charge on any atom is 0.210 e. The number of hydrogen-bond acceptors (Lipinski definition) is 5. The first kappa shape index (κ1) is 18.2. The van der Waals surface area contributed by atoms with Crippen LogP contribution in [0.3, 0.4) is 0 Å². The molecule has 2 N–H and O–H groups in total. The van der Waals surface area contributed by atoms with Crippen molar-refractivity contribution in [2.45, 2.75) is 5.16 Å². The highest BCUT2D eigenvalue weighted by Crippen LogP contribution is 2.29. The van der Waals surface area contributed by atoms with Gasteiger partial charge >= 0.3 is 0 Å². The van der Waals surface area contributed by atoms with E-state index in [9.17, 15) is 0 Å². The van der Waals surface area contributed by atoms with Crippen LogP contribution in [-0.2, 0) is 0 Å². The topological polar surface area (TPSA) is 66.0 Å². The van der Waals surface area contributed by atoms with Gasteiger partial charge in [-0.3, -0.25) is 0 Å². The molecule has 9 heteroatoms. The molecule has 0 aliphatic heterocycles. The molecule has 0 aliphatic carbocycles. The Hall–Kier alpha value is -1.60. The molecule has 0 atom stereocenters. The molecule has 0 aliphatic rings. The van der Waals surface area contributed by atoms with Gasteiger partial charge in [-0.05, 0) is 30.3 Å². The second kappa shape index (κ2) is 8.19. The van der Waals surface area contributed by atoms with Crippen molar-refractivity contribution in [3.8, 4) is 17.1 Å². The first-order valence-corrected chi connectivity index (χ1v) is 9.34. The number of nitrogens with two attached hydrogens (primary N) is 1. The second-order valence-corrected chi connectivity index (χ2v) is 7.24. The van der Waals surface area contributed by atoms with E-state index < -0.39 is 0 Å². The van der Waals surface area contributed by atoms with Crippen LogP contribution >= 0.6 is 46.6 Å². The lowest BCUT2D eigenvalue weighted by molar-refractivity contribution is 0.344. The smallest absolute Gasteiger partial charge is 0.210 e. The van der Waals surface area contributed by atoms with Gasteiger partial charge in [-0.1, -0.05) is 58.7 Å². The molecule has 3 rings (SSSR count). The van der Waals surface area contributed by atoms with E-state index in [1.807, 2.05) is 18.2 Å². The van der Waals surface area contributed by atoms with Crippen molar-refractivity contribution >= 4 is 46.6 Å². The molecule has 1 heterocycles. The highest BCUT2D eigenvalue weighted by molar-refractivity contribution is 7.99. The number of nitrogen functional groups attached to an aromatic ring is 1. The Morgan fingerprint density at radius 2 is 1.84 bits per heavy atom. The lowest BCUT2D eigenvalue weighted by atomic mass is 10.2. The molecule has 25 heavy (non-hydrogen) atoms. The van der Waals surface area contributed by atoms with Gasteiger partial charge in [0.25, 0.3) is 0 Å². The lowest BCUT2D eigenvalue weighted by Crippen LogP contribution is -2.12. The zero-order valence-corrected chi connectivity index (χ0v) is 15.9. The summed E-state index contributed by atoms with van der Waals surface area (Å²) in [6.07, 6.45) is 0. The van der Waals surface area contributed by atoms with E-state index in [2.05, 4.69) is 10.2 Å². The fourth-order valence-corrected chi connectivity index (χ4v) is 3.44. The molecule has 3 aromatic rings. The number of halogens is 3. The third-order valence-corrected chi connectivity index (χ3v) is 5.01. The Labute approximate surface area is 164 Å². The minimum Gasteiger partial charge on any atom is -0.491 e. The van der Waals surface area contributed by atoms with Crippen molar-refractivity contribution in [1.29, 1.82) is 0 Å². The van der Waals surface area contributed by atoms with Crippen LogP contribution < -0.4 is 10.6 Å². The van der Waals surface area contributed by atoms with Crippen LogP contribution in [0.15, 0.2) is 47.6 Å². The van der Waals surface area contributed by atoms with E-state index >= 15 is 0 Å². The Morgan fingerprint density at radius 3 is 2.60 bits per heavy atom. The van der Waals surface area contributed by atoms with Crippen LogP contribution in [0.5, 0.6) is 5.75 Å². The van der Waals surface area contributed by atoms with Crippen molar-refractivity contribution in [2.75, 3.05) is 18.2 Å². The van der Waals surface area contributed by atoms with Gasteiger partial charge in [0.15, 0.2) is 5.82 Å². The van der Waals surface area contributed by atoms with Gasteiger partial charge in [0.05, 0.1) is 16.7 Å². The zero-order valence-electron chi connectivity index (χ0n) is 12.8. The fourth-order valence-electron chi connectivity index (χ4n) is 2.08. The quantitative estimate of drug-likeness (QED) is 0.356. The zero-order chi connectivity index (χ0) is 17.8. The number of rotatable bonds is 6. The number of aromatic nitrogens is 3. The number of nitrogens with zero attached hydrogens (tertiary/aromatic N) is 3. The molecule has 2 aromatic carbocycles. The fraction of sp³-hybridized carbons (Fsp3) is 0.125. The first-order chi connectivity index (χ1) is 12.1. The van der Waals surface area contributed by atoms with Crippen LogP contribution in [0.1, 0.15) is 0 Å². The molecule has 5 nitrogen and oxygen atoms in total. The molecule has 0 saturated heterocycles. The normalized spacial score (nSPS) is 10.8. The van der Waals surface area contributed by atoms with Crippen molar-refractivity contribution in [3.63, 3.8) is 0 Å². The minimum atomic E-state index is 0.431. The maximum absolute atomic E-state index is 6.18. The average molecular weight is 416 g/mol. The molecule has 0 bridgehead atoms. The molecule has 0 unspecified atom stereocenters. The molecular weight excluding hydrogens is 403 g/mol. The Kier molecular flexibility index (Phi) is 5.96. The van der Waals surface area contributed by atoms with E-state index in [0.29, 0.717) is 44.2 Å². The van der Waals surface area contributed by atoms with Crippen LogP contribution in [0.25, 0.3) is 11.4 Å². The SMILES string of the molecule is Nn1c(SCCOc2ccc(Cl)cc2Cl)nnc1-c1ccccc1Cl. The molecular formula is C16H13Cl3N4OS. The van der Waals surface area contributed by atoms with E-state index in [1.165, 1.54) is 16.4 Å². The lowest BCUT2D eigenvalue weighted by Gasteiger charge is -2.08. The highest BCUT2D eigenvalue weighted by Gasteiger charge is 2.14. The van der Waals surface area contributed by atoms with E-state index in [0.717, 1.165) is 5.56 Å². The largest absolute Gasteiger partial charge is 0.491 e. The van der Waals surface area contributed by atoms with Crippen molar-refractivity contribution in [3.05, 3.63) is 57.5 Å². The third kappa shape index (κ3) is 4.33. The Morgan fingerprint density at radius 1 is 1.04 bits per heavy atom. The van der Waals surface area contributed by atoms with Gasteiger partial charge in [0.2, 0.25) is 5.16 Å². The standard InChI is InChI=1S/C16H13Cl3N4OS/c17-10-5-6-14(13(19)9-10)24-7-8-25-16-22-21-15(23(16)20)11-3-1-2-4-12(11)18/h1-6,9H,7-8,20H2. The minimum absolute atomic E-state index is 0.431. The third-order valence-electron chi connectivity index (χ3n) is 3.25. The molecule has 0 spiro atoms. The molecule has 0 radical (unpaired) electrons. The summed E-state index contributed by atoms with van der Waals surface area (Å²) in [6.45, 7) is 0.431. The van der Waals surface area contributed by atoms with Gasteiger partial charge in [0.1, 0.15) is 5.75 Å². The molecule has 0 amide bonds. The number of thioether (sulfide) groups is 1. The summed E-state index contributed by atoms with van der Waals surface area (Å²) in [4.78, 5) is 0. The van der Waals surface area contributed by atoms with Crippen LogP contribution in [0.4, 0.5) is 0 Å².